The number of benzene rings is 1. The number of carbonyl (C=O) groups is 1. The van der Waals surface area contributed by atoms with Crippen molar-refractivity contribution in [3.8, 4) is 0 Å². The first-order chi connectivity index (χ1) is 8.90. The summed E-state index contributed by atoms with van der Waals surface area (Å²) in [6.45, 7) is 5.50. The number of aryl methyl sites for hydroxylation is 3. The topological polar surface area (TPSA) is 34.9 Å². The lowest BCUT2D eigenvalue weighted by atomic mass is 10.0. The molecule has 1 aromatic carbocycles. The molecule has 0 unspecified atom stereocenters. The number of hydrogen-bond donors (Lipinski definition) is 0. The van der Waals surface area contributed by atoms with Crippen LogP contribution in [0.2, 0.25) is 0 Å². The van der Waals surface area contributed by atoms with Crippen LogP contribution in [0.5, 0.6) is 0 Å². The number of aromatic nitrogens is 2. The highest BCUT2D eigenvalue weighted by Crippen LogP contribution is 2.16. The van der Waals surface area contributed by atoms with Gasteiger partial charge in [0.2, 0.25) is 0 Å². The molecule has 2 aromatic rings. The number of hydrogen-bond acceptors (Lipinski definition) is 2. The van der Waals surface area contributed by atoms with E-state index in [2.05, 4.69) is 5.10 Å². The second kappa shape index (κ2) is 4.96. The summed E-state index contributed by atoms with van der Waals surface area (Å²) < 4.78 is 15.0. The molecule has 0 aliphatic heterocycles. The highest BCUT2D eigenvalue weighted by atomic mass is 19.1. The average molecular weight is 260 g/mol. The normalized spacial score (nSPS) is 10.8. The molecule has 0 saturated heterocycles. The summed E-state index contributed by atoms with van der Waals surface area (Å²) in [6, 6.07) is 4.47. The summed E-state index contributed by atoms with van der Waals surface area (Å²) in [7, 11) is 1.86. The van der Waals surface area contributed by atoms with Gasteiger partial charge in [0.1, 0.15) is 5.82 Å². The number of carbonyl (C=O) groups excluding carboxylic acids is 1. The summed E-state index contributed by atoms with van der Waals surface area (Å²) >= 11 is 0. The van der Waals surface area contributed by atoms with Crippen LogP contribution in [0, 0.1) is 26.6 Å². The summed E-state index contributed by atoms with van der Waals surface area (Å²) in [5.41, 5.74) is 3.85. The lowest BCUT2D eigenvalue weighted by Gasteiger charge is -2.04. The minimum Gasteiger partial charge on any atom is -0.294 e. The zero-order valence-electron chi connectivity index (χ0n) is 11.6. The van der Waals surface area contributed by atoms with Gasteiger partial charge in [0.25, 0.3) is 0 Å². The molecule has 0 radical (unpaired) electrons. The average Bonchev–Trinajstić information content (AvgIpc) is 2.59. The monoisotopic (exact) mass is 260 g/mol. The Labute approximate surface area is 112 Å². The van der Waals surface area contributed by atoms with Gasteiger partial charge in [0.05, 0.1) is 5.69 Å². The van der Waals surface area contributed by atoms with E-state index < -0.39 is 0 Å². The largest absolute Gasteiger partial charge is 0.294 e. The van der Waals surface area contributed by atoms with Gasteiger partial charge in [0, 0.05) is 30.3 Å². The number of ketones is 1. The highest BCUT2D eigenvalue weighted by molar-refractivity contribution is 5.97. The summed E-state index contributed by atoms with van der Waals surface area (Å²) in [4.78, 5) is 12.2. The summed E-state index contributed by atoms with van der Waals surface area (Å²) in [5.74, 6) is -0.299. The molecule has 0 atom stereocenters. The predicted molar refractivity (Wildman–Crippen MR) is 71.9 cm³/mol. The van der Waals surface area contributed by atoms with Gasteiger partial charge >= 0.3 is 0 Å². The van der Waals surface area contributed by atoms with Crippen molar-refractivity contribution in [2.45, 2.75) is 27.2 Å². The van der Waals surface area contributed by atoms with Crippen LogP contribution in [0.4, 0.5) is 4.39 Å². The zero-order valence-corrected chi connectivity index (χ0v) is 11.6. The molecule has 0 fully saturated rings. The predicted octanol–water partition coefficient (Wildman–Crippen LogP) is 2.91. The Kier molecular flexibility index (Phi) is 3.51. The lowest BCUT2D eigenvalue weighted by molar-refractivity contribution is 0.0992. The third-order valence-electron chi connectivity index (χ3n) is 3.48. The Morgan fingerprint density at radius 2 is 2.00 bits per heavy atom. The molecule has 19 heavy (non-hydrogen) atoms. The third-order valence-corrected chi connectivity index (χ3v) is 3.48. The maximum absolute atomic E-state index is 13.2. The van der Waals surface area contributed by atoms with Gasteiger partial charge in [0.15, 0.2) is 5.78 Å². The van der Waals surface area contributed by atoms with Gasteiger partial charge < -0.3 is 0 Å². The molecular formula is C15H17FN2O. The van der Waals surface area contributed by atoms with E-state index in [1.54, 1.807) is 17.7 Å². The summed E-state index contributed by atoms with van der Waals surface area (Å²) in [5, 5.41) is 4.29. The van der Waals surface area contributed by atoms with Crippen LogP contribution in [-0.4, -0.2) is 15.6 Å². The Hall–Kier alpha value is -1.97. The first-order valence-corrected chi connectivity index (χ1v) is 6.18. The van der Waals surface area contributed by atoms with Crippen LogP contribution in [-0.2, 0) is 13.5 Å². The van der Waals surface area contributed by atoms with E-state index in [0.29, 0.717) is 17.5 Å². The fourth-order valence-electron chi connectivity index (χ4n) is 2.15. The fraction of sp³-hybridized carbons (Fsp3) is 0.333. The molecule has 0 saturated carbocycles. The summed E-state index contributed by atoms with van der Waals surface area (Å²) in [6.07, 6.45) is 0.302. The van der Waals surface area contributed by atoms with Crippen molar-refractivity contribution in [3.05, 3.63) is 52.1 Å². The van der Waals surface area contributed by atoms with Gasteiger partial charge in [-0.05, 0) is 44.5 Å². The first-order valence-electron chi connectivity index (χ1n) is 6.18. The van der Waals surface area contributed by atoms with Crippen molar-refractivity contribution in [1.29, 1.82) is 0 Å². The van der Waals surface area contributed by atoms with Crippen molar-refractivity contribution >= 4 is 5.78 Å². The Balaban J connectivity index is 2.28. The van der Waals surface area contributed by atoms with Crippen LogP contribution in [0.3, 0.4) is 0 Å². The van der Waals surface area contributed by atoms with Crippen LogP contribution in [0.25, 0.3) is 0 Å². The van der Waals surface area contributed by atoms with Gasteiger partial charge in [-0.2, -0.15) is 5.10 Å². The van der Waals surface area contributed by atoms with Gasteiger partial charge in [-0.1, -0.05) is 0 Å². The molecule has 0 spiro atoms. The van der Waals surface area contributed by atoms with Crippen molar-refractivity contribution in [1.82, 2.24) is 9.78 Å². The molecule has 0 bridgehead atoms. The van der Waals surface area contributed by atoms with E-state index in [9.17, 15) is 9.18 Å². The van der Waals surface area contributed by atoms with E-state index in [0.717, 1.165) is 17.0 Å². The first kappa shape index (κ1) is 13.5. The second-order valence-electron chi connectivity index (χ2n) is 4.84. The molecule has 0 aliphatic carbocycles. The smallest absolute Gasteiger partial charge is 0.167 e. The van der Waals surface area contributed by atoms with E-state index >= 15 is 0 Å². The van der Waals surface area contributed by atoms with Crippen molar-refractivity contribution in [3.63, 3.8) is 0 Å². The number of halogens is 1. The van der Waals surface area contributed by atoms with Gasteiger partial charge in [-0.25, -0.2) is 4.39 Å². The Bertz CT molecular complexity index is 644. The molecule has 100 valence electrons. The standard InChI is InChI=1S/C15H17FN2O/c1-9-7-12(5-6-14(9)16)15(19)8-13-10(2)17-18(4)11(13)3/h5-7H,8H2,1-4H3. The van der Waals surface area contributed by atoms with Gasteiger partial charge in [-0.3, -0.25) is 9.48 Å². The Morgan fingerprint density at radius 3 is 2.53 bits per heavy atom. The third kappa shape index (κ3) is 2.57. The molecule has 2 rings (SSSR count). The van der Waals surface area contributed by atoms with Gasteiger partial charge in [-0.15, -0.1) is 0 Å². The molecule has 0 aliphatic rings. The van der Waals surface area contributed by atoms with Crippen LogP contribution < -0.4 is 0 Å². The maximum atomic E-state index is 13.2. The molecule has 1 heterocycles. The zero-order chi connectivity index (χ0) is 14.2. The minimum atomic E-state index is -0.287. The fourth-order valence-corrected chi connectivity index (χ4v) is 2.15. The minimum absolute atomic E-state index is 0.0118. The van der Waals surface area contributed by atoms with E-state index in [1.807, 2.05) is 20.9 Å². The van der Waals surface area contributed by atoms with Crippen LogP contribution in [0.1, 0.15) is 32.9 Å². The molecule has 4 heteroatoms. The molecular weight excluding hydrogens is 243 g/mol. The quantitative estimate of drug-likeness (QED) is 0.795. The van der Waals surface area contributed by atoms with E-state index in [4.69, 9.17) is 0 Å². The number of rotatable bonds is 3. The van der Waals surface area contributed by atoms with Crippen LogP contribution in [0.15, 0.2) is 18.2 Å². The lowest BCUT2D eigenvalue weighted by Crippen LogP contribution is -2.06. The van der Waals surface area contributed by atoms with E-state index in [-0.39, 0.29) is 11.6 Å². The molecule has 1 aromatic heterocycles. The molecule has 0 N–H and O–H groups in total. The molecule has 0 amide bonds. The Morgan fingerprint density at radius 1 is 1.32 bits per heavy atom. The highest BCUT2D eigenvalue weighted by Gasteiger charge is 2.15. The maximum Gasteiger partial charge on any atom is 0.167 e. The van der Waals surface area contributed by atoms with Crippen molar-refractivity contribution in [2.24, 2.45) is 7.05 Å². The van der Waals surface area contributed by atoms with Crippen molar-refractivity contribution < 1.29 is 9.18 Å². The van der Waals surface area contributed by atoms with Crippen LogP contribution >= 0.6 is 0 Å². The SMILES string of the molecule is Cc1cc(C(=O)Cc2c(C)nn(C)c2C)ccc1F. The number of Topliss-reactive ketones (excluding diaryl/α,β-unsaturated/α-hetero) is 1. The molecule has 3 nitrogen and oxygen atoms in total. The van der Waals surface area contributed by atoms with Crippen molar-refractivity contribution in [2.75, 3.05) is 0 Å². The van der Waals surface area contributed by atoms with E-state index in [1.165, 1.54) is 12.1 Å². The number of nitrogens with zero attached hydrogens (tertiary/aromatic N) is 2. The second-order valence-corrected chi connectivity index (χ2v) is 4.84.